The van der Waals surface area contributed by atoms with Gasteiger partial charge >= 0.3 is 29.7 Å². The monoisotopic (exact) mass is 453 g/mol. The number of aromatic nitrogens is 2. The summed E-state index contributed by atoms with van der Waals surface area (Å²) in [5.74, 6) is -1.09. The molecule has 3 rings (SSSR count). The van der Waals surface area contributed by atoms with Crippen LogP contribution in [0.1, 0.15) is 29.9 Å². The smallest absolute Gasteiger partial charge is 0.416 e. The van der Waals surface area contributed by atoms with E-state index in [-0.39, 0.29) is 22.7 Å². The van der Waals surface area contributed by atoms with Crippen LogP contribution in [0.25, 0.3) is 5.57 Å². The SMILES string of the molecule is COc1nc(C2=C(C)N(C)C(=O)N[C@H]2c2ccccc2C(F)(F)F)nc(OC)c1[N+](=O)[O-]. The van der Waals surface area contributed by atoms with Gasteiger partial charge in [0, 0.05) is 18.3 Å². The summed E-state index contributed by atoms with van der Waals surface area (Å²) in [5, 5.41) is 13.9. The molecule has 2 aromatic rings. The number of benzene rings is 1. The van der Waals surface area contributed by atoms with Gasteiger partial charge in [0.1, 0.15) is 0 Å². The van der Waals surface area contributed by atoms with Crippen molar-refractivity contribution in [1.29, 1.82) is 0 Å². The van der Waals surface area contributed by atoms with E-state index in [4.69, 9.17) is 9.47 Å². The van der Waals surface area contributed by atoms with Gasteiger partial charge in [-0.25, -0.2) is 4.79 Å². The second-order valence-corrected chi connectivity index (χ2v) is 6.70. The lowest BCUT2D eigenvalue weighted by Gasteiger charge is -2.34. The number of nitrogens with one attached hydrogen (secondary N) is 1. The first-order chi connectivity index (χ1) is 15.0. The zero-order chi connectivity index (χ0) is 23.8. The molecule has 1 N–H and O–H groups in total. The minimum atomic E-state index is -4.70. The van der Waals surface area contributed by atoms with Crippen molar-refractivity contribution in [3.05, 3.63) is 57.0 Å². The van der Waals surface area contributed by atoms with Gasteiger partial charge in [-0.05, 0) is 18.6 Å². The van der Waals surface area contributed by atoms with Crippen LogP contribution in [0.2, 0.25) is 0 Å². The molecule has 1 atom stereocenters. The molecule has 2 amide bonds. The first-order valence-electron chi connectivity index (χ1n) is 9.07. The fourth-order valence-corrected chi connectivity index (χ4v) is 3.34. The summed E-state index contributed by atoms with van der Waals surface area (Å²) in [6, 6.07) is 2.81. The van der Waals surface area contributed by atoms with Gasteiger partial charge in [0.25, 0.3) is 0 Å². The maximum atomic E-state index is 13.7. The van der Waals surface area contributed by atoms with Crippen LogP contribution < -0.4 is 14.8 Å². The summed E-state index contributed by atoms with van der Waals surface area (Å²) in [7, 11) is 3.70. The molecule has 0 aliphatic carbocycles. The molecule has 0 spiro atoms. The van der Waals surface area contributed by atoms with Gasteiger partial charge in [0.05, 0.1) is 30.7 Å². The van der Waals surface area contributed by atoms with Crippen LogP contribution in [0.4, 0.5) is 23.7 Å². The number of halogens is 3. The Kier molecular flexibility index (Phi) is 5.92. The third-order valence-electron chi connectivity index (χ3n) is 4.96. The number of amides is 2. The van der Waals surface area contributed by atoms with Crippen molar-refractivity contribution >= 4 is 17.3 Å². The van der Waals surface area contributed by atoms with E-state index >= 15 is 0 Å². The van der Waals surface area contributed by atoms with E-state index in [1.54, 1.807) is 0 Å². The van der Waals surface area contributed by atoms with E-state index in [1.807, 2.05) is 0 Å². The van der Waals surface area contributed by atoms with Crippen molar-refractivity contribution in [2.45, 2.75) is 19.1 Å². The number of carbonyl (C=O) groups excluding carboxylic acids is 1. The topological polar surface area (TPSA) is 120 Å². The fourth-order valence-electron chi connectivity index (χ4n) is 3.34. The van der Waals surface area contributed by atoms with Crippen molar-refractivity contribution in [3.8, 4) is 11.8 Å². The molecule has 0 bridgehead atoms. The van der Waals surface area contributed by atoms with Gasteiger partial charge in [0.2, 0.25) is 0 Å². The van der Waals surface area contributed by atoms with Crippen molar-refractivity contribution in [2.75, 3.05) is 21.3 Å². The van der Waals surface area contributed by atoms with Gasteiger partial charge in [-0.2, -0.15) is 23.1 Å². The lowest BCUT2D eigenvalue weighted by atomic mass is 9.90. The highest BCUT2D eigenvalue weighted by Crippen LogP contribution is 2.43. The summed E-state index contributed by atoms with van der Waals surface area (Å²) in [6.45, 7) is 1.50. The summed E-state index contributed by atoms with van der Waals surface area (Å²) >= 11 is 0. The van der Waals surface area contributed by atoms with E-state index in [0.29, 0.717) is 0 Å². The Morgan fingerprint density at radius 1 is 1.16 bits per heavy atom. The Morgan fingerprint density at radius 3 is 2.22 bits per heavy atom. The second kappa shape index (κ2) is 8.32. The average molecular weight is 453 g/mol. The van der Waals surface area contributed by atoms with Crippen molar-refractivity contribution in [3.63, 3.8) is 0 Å². The summed E-state index contributed by atoms with van der Waals surface area (Å²) < 4.78 is 51.1. The molecule has 0 saturated carbocycles. The number of methoxy groups -OCH3 is 2. The van der Waals surface area contributed by atoms with Gasteiger partial charge < -0.3 is 19.7 Å². The van der Waals surface area contributed by atoms with Crippen molar-refractivity contribution in [1.82, 2.24) is 20.2 Å². The molecule has 32 heavy (non-hydrogen) atoms. The number of hydrogen-bond donors (Lipinski definition) is 1. The van der Waals surface area contributed by atoms with Crippen LogP contribution in [0, 0.1) is 10.1 Å². The van der Waals surface area contributed by atoms with Crippen LogP contribution in [-0.2, 0) is 6.18 Å². The van der Waals surface area contributed by atoms with Crippen molar-refractivity contribution < 1.29 is 32.4 Å². The Hall–Kier alpha value is -3.90. The molecular weight excluding hydrogens is 435 g/mol. The first-order valence-corrected chi connectivity index (χ1v) is 9.07. The predicted octanol–water partition coefficient (Wildman–Crippen LogP) is 3.55. The van der Waals surface area contributed by atoms with Crippen LogP contribution in [0.5, 0.6) is 11.8 Å². The van der Waals surface area contributed by atoms with E-state index in [9.17, 15) is 28.1 Å². The third-order valence-corrected chi connectivity index (χ3v) is 4.96. The standard InChI is InChI=1S/C19H18F3N5O5/c1-9-12(15-24-16(31-3)14(27(29)30)17(25-15)32-4)13(23-18(28)26(9)2)10-7-5-6-8-11(10)19(20,21)22/h5-8,13H,1-4H3,(H,23,28)/t13-/m0/s1. The predicted molar refractivity (Wildman–Crippen MR) is 105 cm³/mol. The van der Waals surface area contributed by atoms with Gasteiger partial charge in [-0.1, -0.05) is 18.2 Å². The molecule has 170 valence electrons. The van der Waals surface area contributed by atoms with Gasteiger partial charge in [-0.15, -0.1) is 0 Å². The Bertz CT molecular complexity index is 1090. The molecule has 1 aliphatic rings. The number of ether oxygens (including phenoxy) is 2. The minimum Gasteiger partial charge on any atom is -0.476 e. The summed E-state index contributed by atoms with van der Waals surface area (Å²) in [4.78, 5) is 32.3. The van der Waals surface area contributed by atoms with E-state index in [0.717, 1.165) is 20.3 Å². The molecule has 0 fully saturated rings. The number of rotatable bonds is 5. The number of carbonyl (C=O) groups is 1. The summed E-state index contributed by atoms with van der Waals surface area (Å²) in [5.41, 5.74) is -1.50. The average Bonchev–Trinajstić information content (AvgIpc) is 2.75. The molecule has 1 aromatic heterocycles. The molecule has 2 heterocycles. The third kappa shape index (κ3) is 3.88. The molecule has 0 unspecified atom stereocenters. The highest BCUT2D eigenvalue weighted by Gasteiger charge is 2.41. The maximum absolute atomic E-state index is 13.7. The molecule has 10 nitrogen and oxygen atoms in total. The Balaban J connectivity index is 2.32. The molecule has 13 heteroatoms. The van der Waals surface area contributed by atoms with Crippen LogP contribution in [0.15, 0.2) is 30.0 Å². The number of nitrogens with zero attached hydrogens (tertiary/aromatic N) is 4. The van der Waals surface area contributed by atoms with E-state index in [2.05, 4.69) is 15.3 Å². The Labute approximate surface area is 179 Å². The number of nitro groups is 1. The maximum Gasteiger partial charge on any atom is 0.416 e. The zero-order valence-corrected chi connectivity index (χ0v) is 17.4. The number of hydrogen-bond acceptors (Lipinski definition) is 7. The lowest BCUT2D eigenvalue weighted by Crippen LogP contribution is -2.44. The highest BCUT2D eigenvalue weighted by molar-refractivity contribution is 5.87. The number of alkyl halides is 3. The quantitative estimate of drug-likeness (QED) is 0.543. The molecule has 0 radical (unpaired) electrons. The normalized spacial score (nSPS) is 16.7. The highest BCUT2D eigenvalue weighted by atomic mass is 19.4. The molecule has 1 aliphatic heterocycles. The van der Waals surface area contributed by atoms with E-state index < -0.39 is 46.2 Å². The second-order valence-electron chi connectivity index (χ2n) is 6.70. The Morgan fingerprint density at radius 2 is 1.72 bits per heavy atom. The van der Waals surface area contributed by atoms with Crippen LogP contribution in [0.3, 0.4) is 0 Å². The largest absolute Gasteiger partial charge is 0.476 e. The first kappa shape index (κ1) is 22.8. The van der Waals surface area contributed by atoms with Gasteiger partial charge in [-0.3, -0.25) is 10.1 Å². The fraction of sp³-hybridized carbons (Fsp3) is 0.316. The minimum absolute atomic E-state index is 0.0929. The lowest BCUT2D eigenvalue weighted by molar-refractivity contribution is -0.387. The van der Waals surface area contributed by atoms with E-state index in [1.165, 1.54) is 37.1 Å². The molecular formula is C19H18F3N5O5. The molecule has 0 saturated heterocycles. The van der Waals surface area contributed by atoms with Gasteiger partial charge in [0.15, 0.2) is 5.82 Å². The number of allylic oxidation sites excluding steroid dienone is 1. The zero-order valence-electron chi connectivity index (χ0n) is 17.4. The van der Waals surface area contributed by atoms with Crippen LogP contribution >= 0.6 is 0 Å². The number of urea groups is 1. The van der Waals surface area contributed by atoms with Crippen molar-refractivity contribution in [2.24, 2.45) is 0 Å². The van der Waals surface area contributed by atoms with Crippen LogP contribution in [-0.4, -0.2) is 47.1 Å². The molecule has 1 aromatic carbocycles. The summed E-state index contributed by atoms with van der Waals surface area (Å²) in [6.07, 6.45) is -4.70.